The largest absolute Gasteiger partial charge is 0.476 e. The minimum Gasteiger partial charge on any atom is -0.476 e. The summed E-state index contributed by atoms with van der Waals surface area (Å²) in [5.41, 5.74) is -0.489. The lowest BCUT2D eigenvalue weighted by Gasteiger charge is -2.03. The Hall–Kier alpha value is -1.24. The summed E-state index contributed by atoms with van der Waals surface area (Å²) >= 11 is 1.24. The molecule has 66 valence electrons. The Kier molecular flexibility index (Phi) is 2.54. The molecule has 2 N–H and O–H groups in total. The fraction of sp³-hybridized carbons (Fsp3) is 0.400. The molecule has 0 aromatic carbocycles. The molecule has 1 aromatic rings. The minimum atomic E-state index is -0.489. The Balaban J connectivity index is 3.30. The van der Waals surface area contributed by atoms with Crippen LogP contribution in [0.3, 0.4) is 0 Å². The van der Waals surface area contributed by atoms with Gasteiger partial charge in [0.25, 0.3) is 0 Å². The summed E-state index contributed by atoms with van der Waals surface area (Å²) in [4.78, 5) is 11.2. The molecule has 0 saturated heterocycles. The molecular formula is C5H8N4O2S. The second-order valence-corrected chi connectivity index (χ2v) is 2.64. The number of nitrogens with two attached hydrogens (primary N) is 1. The quantitative estimate of drug-likeness (QED) is 0.477. The zero-order valence-electron chi connectivity index (χ0n) is 6.64. The molecule has 0 radical (unpaired) electrons. The van der Waals surface area contributed by atoms with Crippen molar-refractivity contribution in [1.29, 1.82) is 0 Å². The van der Waals surface area contributed by atoms with Gasteiger partial charge in [0, 0.05) is 0 Å². The molecule has 7 heteroatoms. The van der Waals surface area contributed by atoms with Crippen LogP contribution in [0.4, 0.5) is 0 Å². The number of thioether (sulfide) groups is 1. The van der Waals surface area contributed by atoms with E-state index < -0.39 is 5.56 Å². The number of rotatable bonds is 2. The lowest BCUT2D eigenvalue weighted by Crippen LogP contribution is -2.31. The number of aromatic nitrogens is 3. The van der Waals surface area contributed by atoms with Crippen LogP contribution in [0.5, 0.6) is 5.88 Å². The van der Waals surface area contributed by atoms with Crippen LogP contribution >= 0.6 is 11.8 Å². The highest BCUT2D eigenvalue weighted by molar-refractivity contribution is 7.98. The lowest BCUT2D eigenvalue weighted by molar-refractivity contribution is 0.374. The van der Waals surface area contributed by atoms with Crippen molar-refractivity contribution in [3.8, 4) is 5.88 Å². The van der Waals surface area contributed by atoms with E-state index in [-0.39, 0.29) is 5.88 Å². The lowest BCUT2D eigenvalue weighted by atomic mass is 10.8. The zero-order chi connectivity index (χ0) is 9.14. The van der Waals surface area contributed by atoms with E-state index in [0.29, 0.717) is 5.16 Å². The molecule has 0 aliphatic carbocycles. The molecule has 12 heavy (non-hydrogen) atoms. The van der Waals surface area contributed by atoms with E-state index in [1.165, 1.54) is 18.9 Å². The Bertz CT molecular complexity index is 337. The molecule has 0 spiro atoms. The monoisotopic (exact) mass is 188 g/mol. The van der Waals surface area contributed by atoms with E-state index in [2.05, 4.69) is 14.9 Å². The van der Waals surface area contributed by atoms with Crippen LogP contribution in [0.15, 0.2) is 9.95 Å². The van der Waals surface area contributed by atoms with Gasteiger partial charge < -0.3 is 10.6 Å². The fourth-order valence-electron chi connectivity index (χ4n) is 0.636. The van der Waals surface area contributed by atoms with Gasteiger partial charge in [-0.1, -0.05) is 11.8 Å². The van der Waals surface area contributed by atoms with E-state index in [9.17, 15) is 4.79 Å². The van der Waals surface area contributed by atoms with Crippen molar-refractivity contribution in [1.82, 2.24) is 14.9 Å². The van der Waals surface area contributed by atoms with E-state index in [0.717, 1.165) is 4.68 Å². The molecule has 0 atom stereocenters. The summed E-state index contributed by atoms with van der Waals surface area (Å²) in [6.07, 6.45) is 1.75. The maximum Gasteiger partial charge on any atom is 0.335 e. The van der Waals surface area contributed by atoms with Gasteiger partial charge in [-0.15, -0.1) is 10.2 Å². The van der Waals surface area contributed by atoms with Crippen LogP contribution in [0.1, 0.15) is 0 Å². The summed E-state index contributed by atoms with van der Waals surface area (Å²) < 4.78 is 5.53. The first-order valence-electron chi connectivity index (χ1n) is 3.03. The smallest absolute Gasteiger partial charge is 0.335 e. The van der Waals surface area contributed by atoms with Crippen LogP contribution in [0, 0.1) is 0 Å². The van der Waals surface area contributed by atoms with Crippen LogP contribution < -0.4 is 16.1 Å². The SMILES string of the molecule is COc1nnc(SC)n(N)c1=O. The first-order valence-corrected chi connectivity index (χ1v) is 4.26. The summed E-state index contributed by atoms with van der Waals surface area (Å²) in [7, 11) is 1.34. The third-order valence-corrected chi connectivity index (χ3v) is 1.85. The van der Waals surface area contributed by atoms with E-state index in [1.807, 2.05) is 0 Å². The molecule has 0 unspecified atom stereocenters. The topological polar surface area (TPSA) is 83.0 Å². The van der Waals surface area contributed by atoms with Gasteiger partial charge in [-0.05, 0) is 6.26 Å². The standard InChI is InChI=1S/C5H8N4O2S/c1-11-3-4(10)9(6)5(12-2)8-7-3/h6H2,1-2H3. The van der Waals surface area contributed by atoms with Crippen LogP contribution in [0.25, 0.3) is 0 Å². The van der Waals surface area contributed by atoms with Gasteiger partial charge in [0.1, 0.15) is 0 Å². The normalized spacial score (nSPS) is 9.83. The van der Waals surface area contributed by atoms with E-state index in [1.54, 1.807) is 6.26 Å². The van der Waals surface area contributed by atoms with Crippen molar-refractivity contribution in [2.45, 2.75) is 5.16 Å². The van der Waals surface area contributed by atoms with Crippen LogP contribution in [-0.2, 0) is 0 Å². The summed E-state index contributed by atoms with van der Waals surface area (Å²) in [5.74, 6) is 5.27. The Morgan fingerprint density at radius 3 is 2.75 bits per heavy atom. The zero-order valence-corrected chi connectivity index (χ0v) is 7.46. The molecular weight excluding hydrogens is 180 g/mol. The van der Waals surface area contributed by atoms with E-state index >= 15 is 0 Å². The van der Waals surface area contributed by atoms with Gasteiger partial charge in [0.15, 0.2) is 0 Å². The molecule has 0 amide bonds. The van der Waals surface area contributed by atoms with Crippen molar-refractivity contribution in [2.24, 2.45) is 0 Å². The van der Waals surface area contributed by atoms with E-state index in [4.69, 9.17) is 5.84 Å². The van der Waals surface area contributed by atoms with Crippen LogP contribution in [0.2, 0.25) is 0 Å². The van der Waals surface area contributed by atoms with Gasteiger partial charge in [-0.2, -0.15) is 4.68 Å². The molecule has 1 aromatic heterocycles. The van der Waals surface area contributed by atoms with Gasteiger partial charge in [-0.25, -0.2) is 0 Å². The number of nitrogen functional groups attached to an aromatic ring is 1. The highest BCUT2D eigenvalue weighted by Gasteiger charge is 2.08. The summed E-state index contributed by atoms with van der Waals surface area (Å²) in [6.45, 7) is 0. The number of hydrogen-bond donors (Lipinski definition) is 1. The highest BCUT2D eigenvalue weighted by atomic mass is 32.2. The molecule has 1 heterocycles. The number of hydrogen-bond acceptors (Lipinski definition) is 6. The number of nitrogens with zero attached hydrogens (tertiary/aromatic N) is 3. The molecule has 6 nitrogen and oxygen atoms in total. The average Bonchev–Trinajstić information content (AvgIpc) is 2.10. The predicted molar refractivity (Wildman–Crippen MR) is 44.8 cm³/mol. The van der Waals surface area contributed by atoms with Crippen molar-refractivity contribution in [3.63, 3.8) is 0 Å². The second kappa shape index (κ2) is 3.44. The maximum absolute atomic E-state index is 11.2. The summed E-state index contributed by atoms with van der Waals surface area (Å²) in [6, 6.07) is 0. The first-order chi connectivity index (χ1) is 5.70. The second-order valence-electron chi connectivity index (χ2n) is 1.87. The third kappa shape index (κ3) is 1.35. The van der Waals surface area contributed by atoms with Crippen LogP contribution in [-0.4, -0.2) is 28.2 Å². The van der Waals surface area contributed by atoms with Crippen molar-refractivity contribution in [3.05, 3.63) is 10.4 Å². The van der Waals surface area contributed by atoms with Crippen molar-refractivity contribution >= 4 is 11.8 Å². The highest BCUT2D eigenvalue weighted by Crippen LogP contribution is 2.06. The van der Waals surface area contributed by atoms with Crippen molar-refractivity contribution in [2.75, 3.05) is 19.2 Å². The number of methoxy groups -OCH3 is 1. The average molecular weight is 188 g/mol. The molecule has 0 aliphatic rings. The third-order valence-electron chi connectivity index (χ3n) is 1.21. The van der Waals surface area contributed by atoms with Gasteiger partial charge in [0.2, 0.25) is 5.16 Å². The maximum atomic E-state index is 11.2. The number of ether oxygens (including phenoxy) is 1. The first kappa shape index (κ1) is 8.85. The van der Waals surface area contributed by atoms with Gasteiger partial charge in [-0.3, -0.25) is 4.79 Å². The molecule has 1 rings (SSSR count). The fourth-order valence-corrected chi connectivity index (χ4v) is 1.04. The minimum absolute atomic E-state index is 0.102. The van der Waals surface area contributed by atoms with Gasteiger partial charge >= 0.3 is 11.4 Å². The van der Waals surface area contributed by atoms with Crippen molar-refractivity contribution < 1.29 is 4.74 Å². The Morgan fingerprint density at radius 1 is 1.58 bits per heavy atom. The molecule has 0 aliphatic heterocycles. The molecule has 0 bridgehead atoms. The Labute approximate surface area is 72.7 Å². The Morgan fingerprint density at radius 2 is 2.25 bits per heavy atom. The molecule has 0 fully saturated rings. The van der Waals surface area contributed by atoms with Gasteiger partial charge in [0.05, 0.1) is 7.11 Å². The summed E-state index contributed by atoms with van der Waals surface area (Å²) in [5, 5.41) is 7.52. The predicted octanol–water partition coefficient (Wildman–Crippen LogP) is -0.917. The molecule has 0 saturated carbocycles.